The van der Waals surface area contributed by atoms with Gasteiger partial charge in [0.25, 0.3) is 0 Å². The maximum Gasteiger partial charge on any atom is 0.0540 e. The van der Waals surface area contributed by atoms with Crippen molar-refractivity contribution in [2.75, 3.05) is 9.80 Å². The Morgan fingerprint density at radius 1 is 0.292 bits per heavy atom. The van der Waals surface area contributed by atoms with E-state index in [1.807, 2.05) is 0 Å². The summed E-state index contributed by atoms with van der Waals surface area (Å²) in [6.07, 6.45) is 0. The van der Waals surface area contributed by atoms with Crippen LogP contribution in [0.15, 0.2) is 243 Å². The van der Waals surface area contributed by atoms with Crippen LogP contribution in [0.5, 0.6) is 0 Å². The molecular formula is C63H46N2. The van der Waals surface area contributed by atoms with Crippen LogP contribution in [0.3, 0.4) is 0 Å². The number of para-hydroxylation sites is 1. The summed E-state index contributed by atoms with van der Waals surface area (Å²) >= 11 is 0. The average Bonchev–Trinajstić information content (AvgIpc) is 3.52. The summed E-state index contributed by atoms with van der Waals surface area (Å²) in [6.45, 7) is 4.73. The molecule has 0 aromatic heterocycles. The van der Waals surface area contributed by atoms with Crippen LogP contribution in [0.4, 0.5) is 34.1 Å². The zero-order chi connectivity index (χ0) is 43.5. The van der Waals surface area contributed by atoms with E-state index in [0.29, 0.717) is 0 Å². The van der Waals surface area contributed by atoms with Crippen molar-refractivity contribution < 1.29 is 0 Å². The van der Waals surface area contributed by atoms with Crippen molar-refractivity contribution in [3.63, 3.8) is 0 Å². The number of hydrogen-bond donors (Lipinski definition) is 0. The average molecular weight is 831 g/mol. The van der Waals surface area contributed by atoms with Gasteiger partial charge in [-0.2, -0.15) is 0 Å². The summed E-state index contributed by atoms with van der Waals surface area (Å²) in [5.41, 5.74) is 24.2. The molecule has 0 spiro atoms. The predicted molar refractivity (Wildman–Crippen MR) is 274 cm³/mol. The highest BCUT2D eigenvalue weighted by atomic mass is 15.2. The second kappa shape index (κ2) is 15.6. The third kappa shape index (κ3) is 6.57. The van der Waals surface area contributed by atoms with Crippen molar-refractivity contribution in [1.82, 2.24) is 0 Å². The minimum absolute atomic E-state index is 0.109. The lowest BCUT2D eigenvalue weighted by Crippen LogP contribution is -2.16. The summed E-state index contributed by atoms with van der Waals surface area (Å²) in [5, 5.41) is 0. The Bertz CT molecular complexity index is 3280. The molecule has 0 saturated carbocycles. The molecule has 1 heterocycles. The summed E-state index contributed by atoms with van der Waals surface area (Å²) in [4.78, 5) is 4.84. The van der Waals surface area contributed by atoms with Gasteiger partial charge in [-0.3, -0.25) is 0 Å². The lowest BCUT2D eigenvalue weighted by Gasteiger charge is -2.29. The first kappa shape index (κ1) is 38.5. The van der Waals surface area contributed by atoms with E-state index in [9.17, 15) is 0 Å². The van der Waals surface area contributed by atoms with Crippen LogP contribution < -0.4 is 9.80 Å². The molecule has 0 unspecified atom stereocenters. The highest BCUT2D eigenvalue weighted by molar-refractivity contribution is 6.03. The first-order valence-electron chi connectivity index (χ1n) is 22.6. The van der Waals surface area contributed by atoms with Crippen LogP contribution in [-0.4, -0.2) is 0 Å². The minimum atomic E-state index is -0.109. The van der Waals surface area contributed by atoms with Gasteiger partial charge in [0.1, 0.15) is 0 Å². The molecule has 10 aromatic rings. The Morgan fingerprint density at radius 3 is 1.29 bits per heavy atom. The van der Waals surface area contributed by atoms with Gasteiger partial charge in [0.15, 0.2) is 0 Å². The van der Waals surface area contributed by atoms with E-state index < -0.39 is 0 Å². The molecule has 0 N–H and O–H groups in total. The van der Waals surface area contributed by atoms with Gasteiger partial charge in [-0.25, -0.2) is 0 Å². The van der Waals surface area contributed by atoms with Gasteiger partial charge in [0.05, 0.1) is 11.4 Å². The fraction of sp³-hybridized carbons (Fsp3) is 0.0476. The number of fused-ring (bicyclic) bond motifs is 8. The normalized spacial score (nSPS) is 12.9. The van der Waals surface area contributed by atoms with Crippen molar-refractivity contribution >= 4 is 34.1 Å². The van der Waals surface area contributed by atoms with E-state index in [1.54, 1.807) is 0 Å². The van der Waals surface area contributed by atoms with Crippen molar-refractivity contribution in [3.8, 4) is 66.8 Å². The Kier molecular flexibility index (Phi) is 9.21. The zero-order valence-electron chi connectivity index (χ0n) is 36.5. The maximum absolute atomic E-state index is 2.49. The third-order valence-electron chi connectivity index (χ3n) is 13.6. The molecule has 65 heavy (non-hydrogen) atoms. The van der Waals surface area contributed by atoms with E-state index in [0.717, 1.165) is 28.3 Å². The number of anilines is 6. The molecule has 308 valence electrons. The quantitative estimate of drug-likeness (QED) is 0.158. The van der Waals surface area contributed by atoms with Gasteiger partial charge in [-0.05, 0) is 133 Å². The molecular weight excluding hydrogens is 785 g/mol. The van der Waals surface area contributed by atoms with E-state index >= 15 is 0 Å². The monoisotopic (exact) mass is 830 g/mol. The van der Waals surface area contributed by atoms with Crippen molar-refractivity contribution in [3.05, 3.63) is 254 Å². The largest absolute Gasteiger partial charge is 0.311 e. The number of hydrogen-bond acceptors (Lipinski definition) is 2. The summed E-state index contributed by atoms with van der Waals surface area (Å²) in [7, 11) is 0. The van der Waals surface area contributed by atoms with Gasteiger partial charge in [0.2, 0.25) is 0 Å². The van der Waals surface area contributed by atoms with E-state index in [4.69, 9.17) is 0 Å². The Hall–Kier alpha value is -8.20. The molecule has 0 atom stereocenters. The fourth-order valence-electron chi connectivity index (χ4n) is 10.3. The van der Waals surface area contributed by atoms with Gasteiger partial charge in [-0.15, -0.1) is 0 Å². The van der Waals surface area contributed by atoms with Crippen LogP contribution in [0.2, 0.25) is 0 Å². The van der Waals surface area contributed by atoms with Crippen LogP contribution in [0, 0.1) is 0 Å². The van der Waals surface area contributed by atoms with E-state index in [-0.39, 0.29) is 5.41 Å². The molecule has 10 aromatic carbocycles. The summed E-state index contributed by atoms with van der Waals surface area (Å²) < 4.78 is 0. The molecule has 0 saturated heterocycles. The molecule has 0 amide bonds. The highest BCUT2D eigenvalue weighted by Crippen LogP contribution is 2.54. The third-order valence-corrected chi connectivity index (χ3v) is 13.6. The molecule has 12 rings (SSSR count). The smallest absolute Gasteiger partial charge is 0.0540 e. The van der Waals surface area contributed by atoms with Gasteiger partial charge in [-0.1, -0.05) is 190 Å². The second-order valence-corrected chi connectivity index (χ2v) is 17.7. The van der Waals surface area contributed by atoms with Gasteiger partial charge >= 0.3 is 0 Å². The first-order chi connectivity index (χ1) is 32.0. The van der Waals surface area contributed by atoms with Crippen LogP contribution >= 0.6 is 0 Å². The van der Waals surface area contributed by atoms with E-state index in [1.165, 1.54) is 83.7 Å². The Labute approximate surface area is 382 Å². The van der Waals surface area contributed by atoms with Crippen molar-refractivity contribution in [2.45, 2.75) is 19.3 Å². The summed E-state index contributed by atoms with van der Waals surface area (Å²) in [6, 6.07) is 88.9. The lowest BCUT2D eigenvalue weighted by molar-refractivity contribution is 0.660. The topological polar surface area (TPSA) is 6.48 Å². The molecule has 2 heteroatoms. The van der Waals surface area contributed by atoms with Crippen LogP contribution in [0.1, 0.15) is 25.0 Å². The first-order valence-corrected chi connectivity index (χ1v) is 22.6. The molecule has 1 aliphatic heterocycles. The van der Waals surface area contributed by atoms with Gasteiger partial charge in [0, 0.05) is 39.3 Å². The van der Waals surface area contributed by atoms with Crippen LogP contribution in [0.25, 0.3) is 66.8 Å². The predicted octanol–water partition coefficient (Wildman–Crippen LogP) is 17.6. The Balaban J connectivity index is 0.951. The molecule has 0 fully saturated rings. The number of rotatable bonds is 7. The van der Waals surface area contributed by atoms with E-state index in [2.05, 4.69) is 266 Å². The SMILES string of the molecule is CC1(C)c2ccccc2-c2ccc(N3c4ccccc4-c4ccccc4-c4cc(-c5ccc(N(c6ccc(-c7ccccc7)cc6)c6ccc(-c7ccccc7)cc6)cc5)ccc43)cc21. The van der Waals surface area contributed by atoms with Crippen LogP contribution in [-0.2, 0) is 5.41 Å². The molecule has 2 aliphatic rings. The highest BCUT2D eigenvalue weighted by Gasteiger charge is 2.36. The Morgan fingerprint density at radius 2 is 0.708 bits per heavy atom. The molecule has 1 aliphatic carbocycles. The molecule has 2 nitrogen and oxygen atoms in total. The number of benzene rings is 10. The zero-order valence-corrected chi connectivity index (χ0v) is 36.5. The standard InChI is InChI=1S/C63H46N2/c1-63(2)59-23-13-11-21-55(59)56-39-38-52(42-60(56)63)65-61-24-14-12-22-57(61)53-19-9-10-20-54(53)58-41-48(31-40-62(58)65)47-29-36-51(37-30-47)64(49-32-25-45(26-33-49)43-15-5-3-6-16-43)50-34-27-46(28-35-50)44-17-7-4-8-18-44/h3-42H,1-2H3. The van der Waals surface area contributed by atoms with Gasteiger partial charge < -0.3 is 9.80 Å². The maximum atomic E-state index is 2.49. The molecule has 0 radical (unpaired) electrons. The summed E-state index contributed by atoms with van der Waals surface area (Å²) in [5.74, 6) is 0. The fourth-order valence-corrected chi connectivity index (χ4v) is 10.3. The minimum Gasteiger partial charge on any atom is -0.311 e. The second-order valence-electron chi connectivity index (χ2n) is 17.7. The van der Waals surface area contributed by atoms with Crippen molar-refractivity contribution in [1.29, 1.82) is 0 Å². The van der Waals surface area contributed by atoms with Crippen molar-refractivity contribution in [2.24, 2.45) is 0 Å². The lowest BCUT2D eigenvalue weighted by atomic mass is 9.82. The number of nitrogens with zero attached hydrogens (tertiary/aromatic N) is 2. The molecule has 0 bridgehead atoms.